The Morgan fingerprint density at radius 1 is 1.40 bits per heavy atom. The minimum absolute atomic E-state index is 0. The Kier molecular flexibility index (Phi) is 8.95. The number of nitrogens with zero attached hydrogens (tertiary/aromatic N) is 1. The van der Waals surface area contributed by atoms with Gasteiger partial charge in [0.15, 0.2) is 0 Å². The van der Waals surface area contributed by atoms with Gasteiger partial charge in [-0.2, -0.15) is 17.0 Å². The molecule has 3 heteroatoms. The molecule has 0 amide bonds. The second-order valence-electron chi connectivity index (χ2n) is 2.74. The van der Waals surface area contributed by atoms with Crippen molar-refractivity contribution < 1.29 is 1.43 Å². The molecule has 1 atom stereocenters. The molecule has 0 bridgehead atoms. The third-order valence-corrected chi connectivity index (χ3v) is 2.71. The summed E-state index contributed by atoms with van der Waals surface area (Å²) in [6, 6.07) is 11.8. The van der Waals surface area contributed by atoms with Crippen LogP contribution in [0.1, 0.15) is 20.8 Å². The van der Waals surface area contributed by atoms with Crippen LogP contribution < -0.4 is 5.73 Å². The lowest BCUT2D eigenvalue weighted by Gasteiger charge is -2.02. The van der Waals surface area contributed by atoms with Crippen molar-refractivity contribution in [3.05, 3.63) is 35.9 Å². The van der Waals surface area contributed by atoms with Crippen LogP contribution in [0.3, 0.4) is 0 Å². The van der Waals surface area contributed by atoms with Gasteiger partial charge in [-0.25, -0.2) is 0 Å². The van der Waals surface area contributed by atoms with Crippen molar-refractivity contribution in [2.45, 2.75) is 25.6 Å². The van der Waals surface area contributed by atoms with Crippen molar-refractivity contribution in [1.82, 2.24) is 0 Å². The van der Waals surface area contributed by atoms with Gasteiger partial charge in [0, 0.05) is 12.9 Å². The van der Waals surface area contributed by atoms with Crippen LogP contribution in [0.15, 0.2) is 30.3 Å². The second kappa shape index (κ2) is 9.57. The van der Waals surface area contributed by atoms with Gasteiger partial charge in [-0.15, -0.1) is 0 Å². The predicted octanol–water partition coefficient (Wildman–Crippen LogP) is 3.04. The molecule has 2 nitrogen and oxygen atoms in total. The van der Waals surface area contributed by atoms with Crippen molar-refractivity contribution in [2.75, 3.05) is 5.75 Å². The molecule has 0 aliphatic carbocycles. The highest BCUT2D eigenvalue weighted by molar-refractivity contribution is 7.98. The summed E-state index contributed by atoms with van der Waals surface area (Å²) in [7, 11) is 0. The first kappa shape index (κ1) is 14.0. The molecule has 15 heavy (non-hydrogen) atoms. The number of nitrogens with two attached hydrogens (primary N) is 1. The van der Waals surface area contributed by atoms with Gasteiger partial charge in [0.1, 0.15) is 6.04 Å². The van der Waals surface area contributed by atoms with Crippen LogP contribution in [0.4, 0.5) is 0 Å². The summed E-state index contributed by atoms with van der Waals surface area (Å²) in [5.41, 5.74) is 6.73. The van der Waals surface area contributed by atoms with Gasteiger partial charge in [-0.1, -0.05) is 44.2 Å². The Balaban J connectivity index is 0. The lowest BCUT2D eigenvalue weighted by atomic mass is 10.2. The van der Waals surface area contributed by atoms with Crippen molar-refractivity contribution in [3.8, 4) is 6.07 Å². The smallest absolute Gasteiger partial charge is 0.102 e. The summed E-state index contributed by atoms with van der Waals surface area (Å²) >= 11 is 1.69. The number of hydrogen-bond donors (Lipinski definition) is 1. The minimum atomic E-state index is -0.339. The molecule has 84 valence electrons. The zero-order valence-electron chi connectivity index (χ0n) is 9.31. The van der Waals surface area contributed by atoms with Crippen LogP contribution in [-0.2, 0) is 5.75 Å². The number of benzene rings is 1. The fraction of sp³-hybridized carbons (Fsp3) is 0.417. The SMILES string of the molecule is CC.N#CC(N)CSCc1ccccc1.[HH]. The lowest BCUT2D eigenvalue weighted by molar-refractivity contribution is 0.953. The van der Waals surface area contributed by atoms with Gasteiger partial charge in [-0.05, 0) is 5.56 Å². The second-order valence-corrected chi connectivity index (χ2v) is 3.77. The highest BCUT2D eigenvalue weighted by Crippen LogP contribution is 2.11. The van der Waals surface area contributed by atoms with Crippen molar-refractivity contribution in [1.29, 1.82) is 5.26 Å². The Bertz CT molecular complexity index is 285. The highest BCUT2D eigenvalue weighted by atomic mass is 32.2. The zero-order chi connectivity index (χ0) is 11.5. The summed E-state index contributed by atoms with van der Waals surface area (Å²) in [6.45, 7) is 4.00. The van der Waals surface area contributed by atoms with Crippen LogP contribution in [0.5, 0.6) is 0 Å². The van der Waals surface area contributed by atoms with E-state index < -0.39 is 0 Å². The van der Waals surface area contributed by atoms with E-state index in [-0.39, 0.29) is 7.47 Å². The molecule has 0 radical (unpaired) electrons. The Labute approximate surface area is 98.0 Å². The zero-order valence-corrected chi connectivity index (χ0v) is 10.1. The van der Waals surface area contributed by atoms with Gasteiger partial charge in [0.2, 0.25) is 0 Å². The summed E-state index contributed by atoms with van der Waals surface area (Å²) in [6.07, 6.45) is 0. The summed E-state index contributed by atoms with van der Waals surface area (Å²) < 4.78 is 0. The summed E-state index contributed by atoms with van der Waals surface area (Å²) in [5.74, 6) is 1.63. The molecule has 0 saturated carbocycles. The summed E-state index contributed by atoms with van der Waals surface area (Å²) in [4.78, 5) is 0. The Hall–Kier alpha value is -0.980. The molecule has 0 heterocycles. The highest BCUT2D eigenvalue weighted by Gasteiger charge is 1.99. The van der Waals surface area contributed by atoms with Gasteiger partial charge in [0.25, 0.3) is 0 Å². The van der Waals surface area contributed by atoms with Crippen molar-refractivity contribution in [3.63, 3.8) is 0 Å². The first-order chi connectivity index (χ1) is 7.33. The van der Waals surface area contributed by atoms with Crippen LogP contribution in [-0.4, -0.2) is 11.8 Å². The largest absolute Gasteiger partial charge is 0.315 e. The first-order valence-corrected chi connectivity index (χ1v) is 6.25. The topological polar surface area (TPSA) is 49.8 Å². The maximum atomic E-state index is 8.44. The van der Waals surface area contributed by atoms with E-state index in [0.29, 0.717) is 5.75 Å². The molecule has 0 saturated heterocycles. The van der Waals surface area contributed by atoms with Gasteiger partial charge < -0.3 is 5.73 Å². The van der Waals surface area contributed by atoms with Crippen molar-refractivity contribution >= 4 is 11.8 Å². The van der Waals surface area contributed by atoms with E-state index in [2.05, 4.69) is 12.1 Å². The van der Waals surface area contributed by atoms with Gasteiger partial charge in [-0.3, -0.25) is 0 Å². The third-order valence-electron chi connectivity index (χ3n) is 1.57. The number of hydrogen-bond acceptors (Lipinski definition) is 3. The molecule has 1 aromatic rings. The van der Waals surface area contributed by atoms with Gasteiger partial charge >= 0.3 is 0 Å². The van der Waals surface area contributed by atoms with E-state index in [9.17, 15) is 0 Å². The normalized spacial score (nSPS) is 10.8. The molecule has 0 aromatic heterocycles. The fourth-order valence-electron chi connectivity index (χ4n) is 0.915. The van der Waals surface area contributed by atoms with Crippen molar-refractivity contribution in [2.24, 2.45) is 5.73 Å². The van der Waals surface area contributed by atoms with Crippen LogP contribution >= 0.6 is 11.8 Å². The first-order valence-electron chi connectivity index (χ1n) is 5.10. The van der Waals surface area contributed by atoms with Crippen LogP contribution in [0.25, 0.3) is 0 Å². The molecule has 1 rings (SSSR count). The molecule has 0 aliphatic rings. The molecule has 0 aliphatic heterocycles. The van der Waals surface area contributed by atoms with E-state index in [0.717, 1.165) is 5.75 Å². The van der Waals surface area contributed by atoms with E-state index in [1.165, 1.54) is 5.56 Å². The molecular formula is C12H20N2S. The Morgan fingerprint density at radius 2 is 2.00 bits per heavy atom. The average Bonchev–Trinajstić information content (AvgIpc) is 2.33. The quantitative estimate of drug-likeness (QED) is 0.855. The van der Waals surface area contributed by atoms with Crippen LogP contribution in [0.2, 0.25) is 0 Å². The standard InChI is InChI=1S/C10H12N2S.C2H6.H2/c11-6-10(12)8-13-7-9-4-2-1-3-5-9;1-2;/h1-5,10H,7-8,12H2;1-2H3;1H. The van der Waals surface area contributed by atoms with Gasteiger partial charge in [0.05, 0.1) is 6.07 Å². The Morgan fingerprint density at radius 3 is 2.53 bits per heavy atom. The predicted molar refractivity (Wildman–Crippen MR) is 69.7 cm³/mol. The maximum Gasteiger partial charge on any atom is 0.102 e. The monoisotopic (exact) mass is 224 g/mol. The minimum Gasteiger partial charge on any atom is -0.315 e. The molecule has 1 unspecified atom stereocenters. The number of thioether (sulfide) groups is 1. The van der Waals surface area contributed by atoms with E-state index in [1.54, 1.807) is 11.8 Å². The number of rotatable bonds is 4. The van der Waals surface area contributed by atoms with E-state index in [4.69, 9.17) is 11.0 Å². The van der Waals surface area contributed by atoms with E-state index >= 15 is 0 Å². The molecule has 1 aromatic carbocycles. The molecule has 0 fully saturated rings. The molecule has 2 N–H and O–H groups in total. The lowest BCUT2D eigenvalue weighted by Crippen LogP contribution is -2.19. The fourth-order valence-corrected chi connectivity index (χ4v) is 1.79. The molecular weight excluding hydrogens is 204 g/mol. The molecule has 0 spiro atoms. The average molecular weight is 224 g/mol. The maximum absolute atomic E-state index is 8.44. The van der Waals surface area contributed by atoms with Crippen LogP contribution in [0, 0.1) is 11.3 Å². The summed E-state index contributed by atoms with van der Waals surface area (Å²) in [5, 5.41) is 8.44. The van der Waals surface area contributed by atoms with E-state index in [1.807, 2.05) is 38.1 Å². The number of nitriles is 1. The third kappa shape index (κ3) is 7.01.